The Morgan fingerprint density at radius 1 is 1.47 bits per heavy atom. The van der Waals surface area contributed by atoms with E-state index in [1.165, 1.54) is 6.33 Å². The Balaban J connectivity index is 2.41. The van der Waals surface area contributed by atoms with Gasteiger partial charge in [0.2, 0.25) is 11.6 Å². The zero-order valence-electron chi connectivity index (χ0n) is 11.0. The highest BCUT2D eigenvalue weighted by molar-refractivity contribution is 5.67. The Kier molecular flexibility index (Phi) is 5.90. The predicted octanol–water partition coefficient (Wildman–Crippen LogP) is -0.0429. The molecule has 0 aliphatic rings. The molecule has 0 radical (unpaired) electrons. The van der Waals surface area contributed by atoms with Crippen molar-refractivity contribution in [3.8, 4) is 0 Å². The van der Waals surface area contributed by atoms with Crippen LogP contribution in [0.15, 0.2) is 6.33 Å². The molecule has 1 aromatic rings. The van der Waals surface area contributed by atoms with Crippen LogP contribution in [0.2, 0.25) is 0 Å². The third-order valence-corrected chi connectivity index (χ3v) is 2.25. The Bertz CT molecular complexity index is 426. The van der Waals surface area contributed by atoms with E-state index in [2.05, 4.69) is 15.3 Å². The van der Waals surface area contributed by atoms with Gasteiger partial charge in [0.1, 0.15) is 6.33 Å². The van der Waals surface area contributed by atoms with E-state index in [0.29, 0.717) is 19.8 Å². The van der Waals surface area contributed by atoms with Crippen LogP contribution in [0, 0.1) is 10.1 Å². The fraction of sp³-hybridized carbons (Fsp3) is 0.600. The summed E-state index contributed by atoms with van der Waals surface area (Å²) in [6.07, 6.45) is 1.18. The molecule has 0 saturated heterocycles. The molecular formula is C10H18N6O3. The van der Waals surface area contributed by atoms with Crippen molar-refractivity contribution in [2.45, 2.75) is 0 Å². The van der Waals surface area contributed by atoms with Crippen LogP contribution in [0.3, 0.4) is 0 Å². The van der Waals surface area contributed by atoms with Crippen molar-refractivity contribution in [2.75, 3.05) is 51.4 Å². The highest BCUT2D eigenvalue weighted by Crippen LogP contribution is 2.25. The number of nitro groups is 1. The van der Waals surface area contributed by atoms with E-state index in [-0.39, 0.29) is 17.3 Å². The molecule has 0 unspecified atom stereocenters. The number of nitrogens with zero attached hydrogens (tertiary/aromatic N) is 4. The molecule has 0 bridgehead atoms. The molecule has 9 nitrogen and oxygen atoms in total. The van der Waals surface area contributed by atoms with Gasteiger partial charge in [-0.3, -0.25) is 10.1 Å². The van der Waals surface area contributed by atoms with Gasteiger partial charge in [-0.05, 0) is 14.1 Å². The third kappa shape index (κ3) is 5.02. The molecule has 0 atom stereocenters. The second-order valence-electron chi connectivity index (χ2n) is 4.06. The fourth-order valence-electron chi connectivity index (χ4n) is 1.29. The van der Waals surface area contributed by atoms with Gasteiger partial charge in [-0.1, -0.05) is 0 Å². The minimum Gasteiger partial charge on any atom is -0.378 e. The van der Waals surface area contributed by atoms with Gasteiger partial charge in [0, 0.05) is 13.1 Å². The number of anilines is 2. The molecule has 0 aliphatic heterocycles. The van der Waals surface area contributed by atoms with E-state index in [4.69, 9.17) is 10.5 Å². The van der Waals surface area contributed by atoms with E-state index in [1.54, 1.807) is 0 Å². The summed E-state index contributed by atoms with van der Waals surface area (Å²) < 4.78 is 5.35. The summed E-state index contributed by atoms with van der Waals surface area (Å²) in [5, 5.41) is 13.6. The van der Waals surface area contributed by atoms with Crippen molar-refractivity contribution in [2.24, 2.45) is 0 Å². The first-order chi connectivity index (χ1) is 9.02. The monoisotopic (exact) mass is 270 g/mol. The molecule has 0 fully saturated rings. The van der Waals surface area contributed by atoms with Crippen LogP contribution >= 0.6 is 0 Å². The minimum absolute atomic E-state index is 0.105. The lowest BCUT2D eigenvalue weighted by Gasteiger charge is -2.10. The number of nitrogen functional groups attached to an aromatic ring is 1. The lowest BCUT2D eigenvalue weighted by atomic mass is 10.4. The van der Waals surface area contributed by atoms with E-state index in [0.717, 1.165) is 6.54 Å². The lowest BCUT2D eigenvalue weighted by Crippen LogP contribution is -2.20. The van der Waals surface area contributed by atoms with Crippen molar-refractivity contribution in [1.82, 2.24) is 14.9 Å². The zero-order valence-corrected chi connectivity index (χ0v) is 11.0. The first-order valence-corrected chi connectivity index (χ1v) is 5.73. The highest BCUT2D eigenvalue weighted by atomic mass is 16.6. The number of nitrogens with two attached hydrogens (primary N) is 1. The summed E-state index contributed by atoms with van der Waals surface area (Å²) in [5.74, 6) is -0.0512. The van der Waals surface area contributed by atoms with Gasteiger partial charge in [0.25, 0.3) is 0 Å². The molecule has 19 heavy (non-hydrogen) atoms. The van der Waals surface area contributed by atoms with Crippen LogP contribution in [-0.2, 0) is 4.74 Å². The molecule has 0 saturated carbocycles. The van der Waals surface area contributed by atoms with E-state index >= 15 is 0 Å². The van der Waals surface area contributed by atoms with E-state index in [9.17, 15) is 10.1 Å². The quantitative estimate of drug-likeness (QED) is 0.383. The predicted molar refractivity (Wildman–Crippen MR) is 71.0 cm³/mol. The Labute approximate surface area is 110 Å². The molecule has 0 aromatic carbocycles. The van der Waals surface area contributed by atoms with Crippen LogP contribution in [0.5, 0.6) is 0 Å². The van der Waals surface area contributed by atoms with Gasteiger partial charge >= 0.3 is 5.69 Å². The topological polar surface area (TPSA) is 119 Å². The molecular weight excluding hydrogens is 252 g/mol. The molecule has 0 amide bonds. The van der Waals surface area contributed by atoms with Gasteiger partial charge in [-0.15, -0.1) is 0 Å². The summed E-state index contributed by atoms with van der Waals surface area (Å²) in [6.45, 7) is 2.25. The van der Waals surface area contributed by atoms with E-state index < -0.39 is 4.92 Å². The molecule has 9 heteroatoms. The largest absolute Gasteiger partial charge is 0.378 e. The highest BCUT2D eigenvalue weighted by Gasteiger charge is 2.20. The third-order valence-electron chi connectivity index (χ3n) is 2.25. The first-order valence-electron chi connectivity index (χ1n) is 5.73. The van der Waals surface area contributed by atoms with Crippen LogP contribution in [-0.4, -0.2) is 60.2 Å². The molecule has 106 valence electrons. The Hall–Kier alpha value is -2.00. The van der Waals surface area contributed by atoms with Gasteiger partial charge in [-0.25, -0.2) is 9.97 Å². The standard InChI is InChI=1S/C10H18N6O3/c1-15(2)4-6-19-5-3-12-10-8(16(17)18)9(11)13-7-14-10/h7H,3-6H2,1-2H3,(H3,11,12,13,14). The summed E-state index contributed by atoms with van der Waals surface area (Å²) in [4.78, 5) is 19.6. The lowest BCUT2D eigenvalue weighted by molar-refractivity contribution is -0.383. The number of likely N-dealkylation sites (N-methyl/N-ethyl adjacent to an activating group) is 1. The molecule has 0 spiro atoms. The van der Waals surface area contributed by atoms with Crippen molar-refractivity contribution < 1.29 is 9.66 Å². The fourth-order valence-corrected chi connectivity index (χ4v) is 1.29. The van der Waals surface area contributed by atoms with Crippen molar-refractivity contribution in [1.29, 1.82) is 0 Å². The maximum absolute atomic E-state index is 10.8. The van der Waals surface area contributed by atoms with Crippen molar-refractivity contribution >= 4 is 17.3 Å². The molecule has 1 heterocycles. The number of nitrogens with one attached hydrogen (secondary N) is 1. The van der Waals surface area contributed by atoms with Crippen LogP contribution < -0.4 is 11.1 Å². The van der Waals surface area contributed by atoms with Gasteiger partial charge in [-0.2, -0.15) is 0 Å². The maximum Gasteiger partial charge on any atom is 0.352 e. The average Bonchev–Trinajstić information content (AvgIpc) is 2.32. The van der Waals surface area contributed by atoms with Gasteiger partial charge in [0.05, 0.1) is 18.1 Å². The Morgan fingerprint density at radius 2 is 2.21 bits per heavy atom. The number of rotatable bonds is 8. The summed E-state index contributed by atoms with van der Waals surface area (Å²) in [5.41, 5.74) is 5.13. The zero-order chi connectivity index (χ0) is 14.3. The minimum atomic E-state index is -0.607. The van der Waals surface area contributed by atoms with Crippen LogP contribution in [0.25, 0.3) is 0 Å². The van der Waals surface area contributed by atoms with Crippen LogP contribution in [0.4, 0.5) is 17.3 Å². The van der Waals surface area contributed by atoms with Crippen molar-refractivity contribution in [3.63, 3.8) is 0 Å². The average molecular weight is 270 g/mol. The van der Waals surface area contributed by atoms with Crippen molar-refractivity contribution in [3.05, 3.63) is 16.4 Å². The summed E-state index contributed by atoms with van der Waals surface area (Å²) in [7, 11) is 3.91. The number of ether oxygens (including phenoxy) is 1. The van der Waals surface area contributed by atoms with Crippen LogP contribution in [0.1, 0.15) is 0 Å². The van der Waals surface area contributed by atoms with Gasteiger partial charge in [0.15, 0.2) is 0 Å². The molecule has 0 aliphatic carbocycles. The number of hydrogen-bond acceptors (Lipinski definition) is 8. The smallest absolute Gasteiger partial charge is 0.352 e. The summed E-state index contributed by atoms with van der Waals surface area (Å²) >= 11 is 0. The van der Waals surface area contributed by atoms with E-state index in [1.807, 2.05) is 19.0 Å². The SMILES string of the molecule is CN(C)CCOCCNc1ncnc(N)c1[N+](=O)[O-]. The summed E-state index contributed by atoms with van der Waals surface area (Å²) in [6, 6.07) is 0. The second-order valence-corrected chi connectivity index (χ2v) is 4.06. The first kappa shape index (κ1) is 15.1. The normalized spacial score (nSPS) is 10.7. The van der Waals surface area contributed by atoms with Gasteiger partial charge < -0.3 is 20.7 Å². The molecule has 1 rings (SSSR count). The number of hydrogen-bond donors (Lipinski definition) is 2. The molecule has 1 aromatic heterocycles. The Morgan fingerprint density at radius 3 is 2.84 bits per heavy atom. The second kappa shape index (κ2) is 7.44. The molecule has 3 N–H and O–H groups in total. The number of aromatic nitrogens is 2. The maximum atomic E-state index is 10.8.